The monoisotopic (exact) mass is 189 g/mol. The molecule has 0 rings (SSSR count). The van der Waals surface area contributed by atoms with Crippen LogP contribution in [0.4, 0.5) is 0 Å². The van der Waals surface area contributed by atoms with Gasteiger partial charge in [-0.15, -0.1) is 0 Å². The molecule has 76 valence electrons. The Morgan fingerprint density at radius 3 is 2.15 bits per heavy atom. The fraction of sp³-hybridized carbons (Fsp3) is 0.750. The normalized spacial score (nSPS) is 13.5. The van der Waals surface area contributed by atoms with E-state index in [4.69, 9.17) is 9.94 Å². The molecule has 13 heavy (non-hydrogen) atoms. The summed E-state index contributed by atoms with van der Waals surface area (Å²) in [6.45, 7) is 6.54. The minimum Gasteiger partial charge on any atom is -0.481 e. The molecule has 0 fully saturated rings. The number of carbonyl (C=O) groups is 2. The van der Waals surface area contributed by atoms with Gasteiger partial charge in [0.25, 0.3) is 5.91 Å². The van der Waals surface area contributed by atoms with Crippen molar-refractivity contribution in [2.45, 2.75) is 33.3 Å². The lowest BCUT2D eigenvalue weighted by molar-refractivity contribution is -0.157. The van der Waals surface area contributed by atoms with Crippen molar-refractivity contribution in [2.24, 2.45) is 5.92 Å². The van der Waals surface area contributed by atoms with E-state index in [2.05, 4.69) is 5.48 Å². The van der Waals surface area contributed by atoms with Gasteiger partial charge in [-0.3, -0.25) is 14.4 Å². The first-order valence-electron chi connectivity index (χ1n) is 3.94. The lowest BCUT2D eigenvalue weighted by Crippen LogP contribution is -2.38. The third kappa shape index (κ3) is 5.19. The number of carboxylic acid groups (broad SMARTS) is 1. The summed E-state index contributed by atoms with van der Waals surface area (Å²) in [6, 6.07) is 0. The quantitative estimate of drug-likeness (QED) is 0.502. The fourth-order valence-electron chi connectivity index (χ4n) is 0.404. The average Bonchev–Trinajstić information content (AvgIpc) is 1.97. The summed E-state index contributed by atoms with van der Waals surface area (Å²) in [4.78, 5) is 26.3. The van der Waals surface area contributed by atoms with E-state index >= 15 is 0 Å². The molecule has 0 bridgehead atoms. The zero-order chi connectivity index (χ0) is 10.6. The van der Waals surface area contributed by atoms with E-state index < -0.39 is 23.4 Å². The van der Waals surface area contributed by atoms with Crippen LogP contribution in [0.2, 0.25) is 0 Å². The molecule has 0 aliphatic rings. The molecule has 5 nitrogen and oxygen atoms in total. The van der Waals surface area contributed by atoms with E-state index in [9.17, 15) is 9.59 Å². The van der Waals surface area contributed by atoms with Crippen molar-refractivity contribution in [3.8, 4) is 0 Å². The second-order valence-corrected chi connectivity index (χ2v) is 3.74. The minimum atomic E-state index is -1.17. The van der Waals surface area contributed by atoms with Crippen LogP contribution in [0.15, 0.2) is 0 Å². The first kappa shape index (κ1) is 11.9. The Bertz CT molecular complexity index is 207. The molecular formula is C8H15NO4. The highest BCUT2D eigenvalue weighted by Gasteiger charge is 2.22. The van der Waals surface area contributed by atoms with Gasteiger partial charge >= 0.3 is 5.97 Å². The average molecular weight is 189 g/mol. The van der Waals surface area contributed by atoms with Crippen molar-refractivity contribution in [1.29, 1.82) is 0 Å². The van der Waals surface area contributed by atoms with E-state index in [-0.39, 0.29) is 0 Å². The van der Waals surface area contributed by atoms with Crippen molar-refractivity contribution < 1.29 is 19.5 Å². The van der Waals surface area contributed by atoms with Gasteiger partial charge in [0.15, 0.2) is 0 Å². The first-order valence-corrected chi connectivity index (χ1v) is 3.94. The molecule has 0 aromatic rings. The van der Waals surface area contributed by atoms with Crippen LogP contribution in [0.25, 0.3) is 0 Å². The molecule has 0 aliphatic carbocycles. The summed E-state index contributed by atoms with van der Waals surface area (Å²) >= 11 is 0. The Morgan fingerprint density at radius 2 is 1.85 bits per heavy atom. The van der Waals surface area contributed by atoms with E-state index in [1.54, 1.807) is 20.8 Å². The third-order valence-electron chi connectivity index (χ3n) is 1.22. The van der Waals surface area contributed by atoms with Crippen LogP contribution in [0.1, 0.15) is 27.7 Å². The Kier molecular flexibility index (Phi) is 3.87. The topological polar surface area (TPSA) is 75.6 Å². The van der Waals surface area contributed by atoms with Crippen LogP contribution in [-0.4, -0.2) is 22.6 Å². The van der Waals surface area contributed by atoms with E-state index in [1.165, 1.54) is 6.92 Å². The Morgan fingerprint density at radius 1 is 1.38 bits per heavy atom. The van der Waals surface area contributed by atoms with Crippen LogP contribution in [0, 0.1) is 5.92 Å². The van der Waals surface area contributed by atoms with Gasteiger partial charge in [0, 0.05) is 0 Å². The van der Waals surface area contributed by atoms with E-state index in [0.29, 0.717) is 0 Å². The largest absolute Gasteiger partial charge is 0.481 e. The molecule has 0 aromatic carbocycles. The lowest BCUT2D eigenvalue weighted by Gasteiger charge is -2.19. The number of rotatable bonds is 3. The highest BCUT2D eigenvalue weighted by molar-refractivity contribution is 5.95. The molecule has 0 radical (unpaired) electrons. The molecule has 2 N–H and O–H groups in total. The fourth-order valence-corrected chi connectivity index (χ4v) is 0.404. The summed E-state index contributed by atoms with van der Waals surface area (Å²) in [5, 5.41) is 8.47. The van der Waals surface area contributed by atoms with E-state index in [0.717, 1.165) is 0 Å². The maximum absolute atomic E-state index is 11.0. The smallest absolute Gasteiger partial charge is 0.315 e. The van der Waals surface area contributed by atoms with Gasteiger partial charge in [-0.2, -0.15) is 0 Å². The number of carboxylic acids is 1. The molecule has 0 saturated heterocycles. The molecule has 1 atom stereocenters. The Labute approximate surface area is 77.0 Å². The van der Waals surface area contributed by atoms with Crippen molar-refractivity contribution in [3.05, 3.63) is 0 Å². The van der Waals surface area contributed by atoms with Crippen molar-refractivity contribution in [2.75, 3.05) is 0 Å². The minimum absolute atomic E-state index is 0.520. The number of hydroxylamine groups is 1. The van der Waals surface area contributed by atoms with Crippen LogP contribution in [-0.2, 0) is 14.4 Å². The summed E-state index contributed by atoms with van der Waals surface area (Å²) in [6.07, 6.45) is 0. The second-order valence-electron chi connectivity index (χ2n) is 3.74. The lowest BCUT2D eigenvalue weighted by atomic mass is 10.2. The zero-order valence-corrected chi connectivity index (χ0v) is 8.25. The molecule has 0 heterocycles. The second kappa shape index (κ2) is 4.23. The van der Waals surface area contributed by atoms with Crippen LogP contribution >= 0.6 is 0 Å². The van der Waals surface area contributed by atoms with E-state index in [1.807, 2.05) is 0 Å². The van der Waals surface area contributed by atoms with Gasteiger partial charge in [-0.1, -0.05) is 0 Å². The molecule has 0 aliphatic heterocycles. The number of hydrogen-bond acceptors (Lipinski definition) is 3. The first-order chi connectivity index (χ1) is 5.74. The number of nitrogens with one attached hydrogen (secondary N) is 1. The molecule has 0 unspecified atom stereocenters. The van der Waals surface area contributed by atoms with Crippen molar-refractivity contribution >= 4 is 11.9 Å². The molecule has 0 aromatic heterocycles. The number of aliphatic carboxylic acids is 1. The summed E-state index contributed by atoms with van der Waals surface area (Å²) in [5.41, 5.74) is 1.56. The molecule has 0 spiro atoms. The summed E-state index contributed by atoms with van der Waals surface area (Å²) in [5.74, 6) is -2.92. The predicted molar refractivity (Wildman–Crippen MR) is 45.8 cm³/mol. The van der Waals surface area contributed by atoms with Crippen molar-refractivity contribution in [3.63, 3.8) is 0 Å². The van der Waals surface area contributed by atoms with Gasteiger partial charge < -0.3 is 5.11 Å². The van der Waals surface area contributed by atoms with Gasteiger partial charge in [-0.25, -0.2) is 5.48 Å². The van der Waals surface area contributed by atoms with Crippen LogP contribution in [0.3, 0.4) is 0 Å². The SMILES string of the molecule is C[C@H](C(=O)O)C(=O)NOC(C)(C)C. The van der Waals surface area contributed by atoms with Crippen LogP contribution < -0.4 is 5.48 Å². The van der Waals surface area contributed by atoms with Gasteiger partial charge in [0.2, 0.25) is 0 Å². The summed E-state index contributed by atoms with van der Waals surface area (Å²) < 4.78 is 0. The molecular weight excluding hydrogens is 174 g/mol. The highest BCUT2D eigenvalue weighted by Crippen LogP contribution is 2.04. The molecule has 0 saturated carbocycles. The van der Waals surface area contributed by atoms with Crippen LogP contribution in [0.5, 0.6) is 0 Å². The Hall–Kier alpha value is -1.10. The standard InChI is InChI=1S/C8H15NO4/c1-5(7(11)12)6(10)9-13-8(2,3)4/h5H,1-4H3,(H,9,10)(H,11,12)/t5-/m0/s1. The maximum Gasteiger partial charge on any atom is 0.315 e. The number of hydrogen-bond donors (Lipinski definition) is 2. The zero-order valence-electron chi connectivity index (χ0n) is 8.25. The predicted octanol–water partition coefficient (Wildman–Crippen LogP) is 0.553. The van der Waals surface area contributed by atoms with Gasteiger partial charge in [-0.05, 0) is 27.7 Å². The van der Waals surface area contributed by atoms with Gasteiger partial charge in [0.05, 0.1) is 5.60 Å². The third-order valence-corrected chi connectivity index (χ3v) is 1.22. The molecule has 5 heteroatoms. The number of carbonyl (C=O) groups excluding carboxylic acids is 1. The molecule has 1 amide bonds. The highest BCUT2D eigenvalue weighted by atomic mass is 16.7. The Balaban J connectivity index is 3.96. The van der Waals surface area contributed by atoms with Gasteiger partial charge in [0.1, 0.15) is 5.92 Å². The number of amides is 1. The van der Waals surface area contributed by atoms with Crippen molar-refractivity contribution in [1.82, 2.24) is 5.48 Å². The summed E-state index contributed by atoms with van der Waals surface area (Å²) in [7, 11) is 0. The maximum atomic E-state index is 11.0.